The number of halogens is 3. The van der Waals surface area contributed by atoms with Crippen molar-refractivity contribution in [2.45, 2.75) is 18.2 Å². The fourth-order valence-electron chi connectivity index (χ4n) is 1.25. The molecule has 0 radical (unpaired) electrons. The van der Waals surface area contributed by atoms with E-state index in [2.05, 4.69) is 0 Å². The van der Waals surface area contributed by atoms with Gasteiger partial charge in [-0.3, -0.25) is 4.79 Å². The first kappa shape index (κ1) is 13.3. The molecule has 0 amide bonds. The van der Waals surface area contributed by atoms with Gasteiger partial charge in [0.2, 0.25) is 0 Å². The third kappa shape index (κ3) is 2.89. The number of nitriles is 1. The van der Waals surface area contributed by atoms with Gasteiger partial charge in [0, 0.05) is 10.0 Å². The third-order valence-corrected chi connectivity index (χ3v) is 2.86. The van der Waals surface area contributed by atoms with Crippen molar-refractivity contribution in [3.05, 3.63) is 33.8 Å². The highest BCUT2D eigenvalue weighted by molar-refractivity contribution is 6.36. The molecule has 1 aromatic rings. The Bertz CT molecular complexity index is 451. The molecule has 2 atom stereocenters. The molecule has 0 saturated heterocycles. The molecule has 0 spiro atoms. The van der Waals surface area contributed by atoms with Gasteiger partial charge in [-0.1, -0.05) is 29.3 Å². The number of alkyl halides is 1. The minimum Gasteiger partial charge on any atom is -0.296 e. The van der Waals surface area contributed by atoms with Crippen molar-refractivity contribution in [2.75, 3.05) is 0 Å². The molecule has 2 nitrogen and oxygen atoms in total. The number of hydrogen-bond donors (Lipinski definition) is 0. The van der Waals surface area contributed by atoms with Gasteiger partial charge >= 0.3 is 0 Å². The molecule has 0 fully saturated rings. The smallest absolute Gasteiger partial charge is 0.171 e. The third-order valence-electron chi connectivity index (χ3n) is 2.08. The lowest BCUT2D eigenvalue weighted by Gasteiger charge is -2.11. The summed E-state index contributed by atoms with van der Waals surface area (Å²) >= 11 is 17.3. The molecule has 0 N–H and O–H groups in total. The molecule has 2 unspecified atom stereocenters. The van der Waals surface area contributed by atoms with E-state index in [1.807, 2.05) is 6.07 Å². The van der Waals surface area contributed by atoms with Gasteiger partial charge in [0.05, 0.1) is 11.4 Å². The van der Waals surface area contributed by atoms with Crippen LogP contribution in [0, 0.1) is 11.3 Å². The van der Waals surface area contributed by atoms with Crippen molar-refractivity contribution < 1.29 is 4.79 Å². The Balaban J connectivity index is 3.15. The van der Waals surface area contributed by atoms with Crippen LogP contribution >= 0.6 is 34.8 Å². The summed E-state index contributed by atoms with van der Waals surface area (Å²) < 4.78 is 0. The van der Waals surface area contributed by atoms with E-state index in [9.17, 15) is 4.79 Å². The Morgan fingerprint density at radius 1 is 1.44 bits per heavy atom. The van der Waals surface area contributed by atoms with Crippen LogP contribution in [-0.4, -0.2) is 11.2 Å². The van der Waals surface area contributed by atoms with Gasteiger partial charge in [-0.05, 0) is 24.6 Å². The zero-order valence-electron chi connectivity index (χ0n) is 8.38. The summed E-state index contributed by atoms with van der Waals surface area (Å²) in [6, 6.07) is 6.54. The average molecular weight is 277 g/mol. The number of ketones is 1. The Kier molecular flexibility index (Phi) is 4.61. The second kappa shape index (κ2) is 5.54. The molecular formula is C11H8Cl3NO. The first-order valence-electron chi connectivity index (χ1n) is 4.49. The number of carbonyl (C=O) groups excluding carboxylic acids is 1. The molecule has 0 aliphatic carbocycles. The number of carbonyl (C=O) groups is 1. The van der Waals surface area contributed by atoms with Crippen LogP contribution in [-0.2, 0) is 4.79 Å². The average Bonchev–Trinajstić information content (AvgIpc) is 2.21. The zero-order valence-corrected chi connectivity index (χ0v) is 10.6. The summed E-state index contributed by atoms with van der Waals surface area (Å²) in [7, 11) is 0. The summed E-state index contributed by atoms with van der Waals surface area (Å²) in [5.74, 6) is -1.31. The monoisotopic (exact) mass is 275 g/mol. The highest BCUT2D eigenvalue weighted by atomic mass is 35.5. The molecular weight excluding hydrogens is 268 g/mol. The maximum Gasteiger partial charge on any atom is 0.171 e. The number of benzene rings is 1. The number of Topliss-reactive ketones (excluding diaryl/α,β-unsaturated/α-hetero) is 1. The van der Waals surface area contributed by atoms with Crippen LogP contribution in [0.1, 0.15) is 18.4 Å². The topological polar surface area (TPSA) is 40.9 Å². The molecule has 0 bridgehead atoms. The predicted molar refractivity (Wildman–Crippen MR) is 65.1 cm³/mol. The van der Waals surface area contributed by atoms with Crippen molar-refractivity contribution in [3.8, 4) is 6.07 Å². The lowest BCUT2D eigenvalue weighted by atomic mass is 9.94. The van der Waals surface area contributed by atoms with E-state index in [-0.39, 0.29) is 5.78 Å². The lowest BCUT2D eigenvalue weighted by molar-refractivity contribution is -0.118. The van der Waals surface area contributed by atoms with Crippen molar-refractivity contribution in [1.82, 2.24) is 0 Å². The second-order valence-electron chi connectivity index (χ2n) is 3.25. The molecule has 0 aliphatic rings. The first-order chi connectivity index (χ1) is 7.47. The molecule has 0 aromatic heterocycles. The maximum absolute atomic E-state index is 11.7. The largest absolute Gasteiger partial charge is 0.296 e. The van der Waals surface area contributed by atoms with E-state index in [0.29, 0.717) is 15.6 Å². The molecule has 84 valence electrons. The van der Waals surface area contributed by atoms with Gasteiger partial charge in [-0.25, -0.2) is 0 Å². The summed E-state index contributed by atoms with van der Waals surface area (Å²) in [6.07, 6.45) is 0. The quantitative estimate of drug-likeness (QED) is 0.788. The second-order valence-corrected chi connectivity index (χ2v) is 4.74. The fraction of sp³-hybridized carbons (Fsp3) is 0.273. The molecule has 0 aliphatic heterocycles. The van der Waals surface area contributed by atoms with Crippen molar-refractivity contribution in [1.29, 1.82) is 5.26 Å². The molecule has 0 saturated carbocycles. The van der Waals surface area contributed by atoms with Gasteiger partial charge < -0.3 is 0 Å². The molecule has 1 aromatic carbocycles. The molecule has 16 heavy (non-hydrogen) atoms. The van der Waals surface area contributed by atoms with Crippen LogP contribution in [0.2, 0.25) is 10.0 Å². The van der Waals surface area contributed by atoms with Crippen LogP contribution in [0.15, 0.2) is 18.2 Å². The van der Waals surface area contributed by atoms with Gasteiger partial charge in [0.25, 0.3) is 0 Å². The van der Waals surface area contributed by atoms with Crippen LogP contribution in [0.5, 0.6) is 0 Å². The Hall–Kier alpha value is -0.750. The number of rotatable bonds is 3. The summed E-state index contributed by atoms with van der Waals surface area (Å²) in [4.78, 5) is 11.7. The van der Waals surface area contributed by atoms with Gasteiger partial charge in [-0.2, -0.15) is 5.26 Å². The van der Waals surface area contributed by atoms with E-state index in [0.717, 1.165) is 0 Å². The maximum atomic E-state index is 11.7. The van der Waals surface area contributed by atoms with E-state index < -0.39 is 11.3 Å². The van der Waals surface area contributed by atoms with Crippen LogP contribution in [0.4, 0.5) is 0 Å². The van der Waals surface area contributed by atoms with Crippen LogP contribution in [0.25, 0.3) is 0 Å². The Morgan fingerprint density at radius 3 is 2.50 bits per heavy atom. The SMILES string of the molecule is CC(Cl)C(=O)C(C#N)c1ccc(Cl)cc1Cl. The highest BCUT2D eigenvalue weighted by Gasteiger charge is 2.25. The summed E-state index contributed by atoms with van der Waals surface area (Å²) in [6.45, 7) is 1.53. The predicted octanol–water partition coefficient (Wildman–Crippen LogP) is 3.80. The lowest BCUT2D eigenvalue weighted by Crippen LogP contribution is -2.19. The number of nitrogens with zero attached hydrogens (tertiary/aromatic N) is 1. The first-order valence-corrected chi connectivity index (χ1v) is 5.69. The van der Waals surface area contributed by atoms with E-state index in [1.165, 1.54) is 13.0 Å². The zero-order chi connectivity index (χ0) is 12.3. The van der Waals surface area contributed by atoms with Crippen molar-refractivity contribution >= 4 is 40.6 Å². The highest BCUT2D eigenvalue weighted by Crippen LogP contribution is 2.29. The standard InChI is InChI=1S/C11H8Cl3NO/c1-6(12)11(16)9(5-15)8-3-2-7(13)4-10(8)14/h2-4,6,9H,1H3. The van der Waals surface area contributed by atoms with Gasteiger partial charge in [0.15, 0.2) is 5.78 Å². The van der Waals surface area contributed by atoms with Gasteiger partial charge in [-0.15, -0.1) is 11.6 Å². The summed E-state index contributed by atoms with van der Waals surface area (Å²) in [5.41, 5.74) is 0.436. The van der Waals surface area contributed by atoms with Crippen molar-refractivity contribution in [3.63, 3.8) is 0 Å². The Morgan fingerprint density at radius 2 is 2.06 bits per heavy atom. The van der Waals surface area contributed by atoms with Crippen molar-refractivity contribution in [2.24, 2.45) is 0 Å². The molecule has 1 rings (SSSR count). The van der Waals surface area contributed by atoms with Gasteiger partial charge in [0.1, 0.15) is 5.92 Å². The normalized spacial score (nSPS) is 13.9. The fourth-order valence-corrected chi connectivity index (χ4v) is 1.90. The van der Waals surface area contributed by atoms with Crippen LogP contribution in [0.3, 0.4) is 0 Å². The van der Waals surface area contributed by atoms with E-state index in [1.54, 1.807) is 12.1 Å². The molecule has 5 heteroatoms. The van der Waals surface area contributed by atoms with Crippen LogP contribution < -0.4 is 0 Å². The number of hydrogen-bond acceptors (Lipinski definition) is 2. The minimum atomic E-state index is -0.947. The van der Waals surface area contributed by atoms with E-state index in [4.69, 9.17) is 40.1 Å². The molecule has 0 heterocycles. The minimum absolute atomic E-state index is 0.296. The summed E-state index contributed by atoms with van der Waals surface area (Å²) in [5, 5.41) is 9.00. The van der Waals surface area contributed by atoms with E-state index >= 15 is 0 Å². The Labute approximate surface area is 109 Å².